The van der Waals surface area contributed by atoms with E-state index in [0.29, 0.717) is 5.91 Å². The number of rotatable bonds is 3. The second-order valence-corrected chi connectivity index (χ2v) is 5.24. The Bertz CT molecular complexity index is 250. The summed E-state index contributed by atoms with van der Waals surface area (Å²) in [5.74, 6) is 0.485. The number of carbonyl (C=O) groups is 1. The second-order valence-electron chi connectivity index (χ2n) is 5.24. The Morgan fingerprint density at radius 1 is 1.29 bits per heavy atom. The highest BCUT2D eigenvalue weighted by Crippen LogP contribution is 2.23. The van der Waals surface area contributed by atoms with Gasteiger partial charge in [0.2, 0.25) is 5.91 Å². The minimum Gasteiger partial charge on any atom is -0.396 e. The van der Waals surface area contributed by atoms with Gasteiger partial charge in [-0.1, -0.05) is 0 Å². The average molecular weight is 240 g/mol. The van der Waals surface area contributed by atoms with Gasteiger partial charge in [0.25, 0.3) is 0 Å². The van der Waals surface area contributed by atoms with Gasteiger partial charge in [0.15, 0.2) is 0 Å². The van der Waals surface area contributed by atoms with E-state index in [1.165, 1.54) is 6.42 Å². The Morgan fingerprint density at radius 3 is 2.88 bits per heavy atom. The normalized spacial score (nSPS) is 30.3. The van der Waals surface area contributed by atoms with Crippen LogP contribution in [-0.2, 0) is 4.79 Å². The van der Waals surface area contributed by atoms with E-state index in [-0.39, 0.29) is 18.6 Å². The number of aliphatic hydroxyl groups is 1. The molecule has 0 bridgehead atoms. The zero-order valence-electron chi connectivity index (χ0n) is 10.5. The van der Waals surface area contributed by atoms with Crippen molar-refractivity contribution >= 4 is 5.91 Å². The van der Waals surface area contributed by atoms with Crippen LogP contribution in [0.1, 0.15) is 38.5 Å². The molecule has 0 saturated carbocycles. The predicted molar refractivity (Wildman–Crippen MR) is 66.6 cm³/mol. The standard InChI is InChI=1S/C13H24N2O2/c16-9-6-12-5-1-2-8-15(12)13(17)11-4-3-7-14-10-11/h11-12,14,16H,1-10H2/t11-,12?/m0/s1. The lowest BCUT2D eigenvalue weighted by atomic mass is 9.93. The summed E-state index contributed by atoms with van der Waals surface area (Å²) in [5.41, 5.74) is 0. The van der Waals surface area contributed by atoms with Crippen LogP contribution in [0.2, 0.25) is 0 Å². The molecule has 17 heavy (non-hydrogen) atoms. The minimum absolute atomic E-state index is 0.169. The predicted octanol–water partition coefficient (Wildman–Crippen LogP) is 0.749. The summed E-state index contributed by atoms with van der Waals surface area (Å²) in [6.07, 6.45) is 6.24. The SMILES string of the molecule is O=C([C@H]1CCCNC1)N1CCCCC1CCO. The molecular weight excluding hydrogens is 216 g/mol. The van der Waals surface area contributed by atoms with Gasteiger partial charge in [-0.3, -0.25) is 4.79 Å². The number of hydrogen-bond donors (Lipinski definition) is 2. The molecule has 0 spiro atoms. The van der Waals surface area contributed by atoms with Gasteiger partial charge in [-0.25, -0.2) is 0 Å². The third-order valence-corrected chi connectivity index (χ3v) is 4.02. The number of carbonyl (C=O) groups excluding carboxylic acids is 1. The van der Waals surface area contributed by atoms with Gasteiger partial charge in [-0.15, -0.1) is 0 Å². The maximum Gasteiger partial charge on any atom is 0.227 e. The number of piperidine rings is 2. The topological polar surface area (TPSA) is 52.6 Å². The van der Waals surface area contributed by atoms with Crippen LogP contribution < -0.4 is 5.32 Å². The molecule has 4 nitrogen and oxygen atoms in total. The monoisotopic (exact) mass is 240 g/mol. The number of hydrogen-bond acceptors (Lipinski definition) is 3. The molecule has 2 saturated heterocycles. The highest BCUT2D eigenvalue weighted by molar-refractivity contribution is 5.79. The molecule has 2 heterocycles. The van der Waals surface area contributed by atoms with Crippen LogP contribution in [0.4, 0.5) is 0 Å². The lowest BCUT2D eigenvalue weighted by molar-refractivity contribution is -0.140. The zero-order chi connectivity index (χ0) is 12.1. The summed E-state index contributed by atoms with van der Waals surface area (Å²) < 4.78 is 0. The molecule has 1 amide bonds. The summed E-state index contributed by atoms with van der Waals surface area (Å²) in [4.78, 5) is 14.5. The van der Waals surface area contributed by atoms with Gasteiger partial charge in [0.1, 0.15) is 0 Å². The molecule has 0 radical (unpaired) electrons. The molecule has 2 atom stereocenters. The lowest BCUT2D eigenvalue weighted by Crippen LogP contribution is -2.49. The Labute approximate surface area is 103 Å². The minimum atomic E-state index is 0.169. The highest BCUT2D eigenvalue weighted by atomic mass is 16.3. The summed E-state index contributed by atoms with van der Waals surface area (Å²) in [6, 6.07) is 0.281. The molecule has 0 aromatic rings. The van der Waals surface area contributed by atoms with Crippen LogP contribution in [0.3, 0.4) is 0 Å². The van der Waals surface area contributed by atoms with Crippen molar-refractivity contribution in [3.05, 3.63) is 0 Å². The maximum absolute atomic E-state index is 12.4. The number of amides is 1. The number of nitrogens with one attached hydrogen (secondary N) is 1. The summed E-state index contributed by atoms with van der Waals surface area (Å²) >= 11 is 0. The van der Waals surface area contributed by atoms with Crippen LogP contribution in [0.25, 0.3) is 0 Å². The molecule has 1 unspecified atom stereocenters. The Kier molecular flexibility index (Phi) is 4.80. The molecule has 98 valence electrons. The van der Waals surface area contributed by atoms with E-state index in [2.05, 4.69) is 5.32 Å². The van der Waals surface area contributed by atoms with Gasteiger partial charge < -0.3 is 15.3 Å². The largest absolute Gasteiger partial charge is 0.396 e. The Hall–Kier alpha value is -0.610. The third kappa shape index (κ3) is 3.19. The van der Waals surface area contributed by atoms with Gasteiger partial charge in [0, 0.05) is 25.7 Å². The first-order valence-corrected chi connectivity index (χ1v) is 6.95. The van der Waals surface area contributed by atoms with Crippen molar-refractivity contribution in [2.45, 2.75) is 44.6 Å². The molecule has 4 heteroatoms. The summed E-state index contributed by atoms with van der Waals surface area (Å²) in [5, 5.41) is 12.4. The fourth-order valence-corrected chi connectivity index (χ4v) is 3.04. The van der Waals surface area contributed by atoms with Crippen LogP contribution in [0, 0.1) is 5.92 Å². The molecule has 2 fully saturated rings. The van der Waals surface area contributed by atoms with E-state index in [1.807, 2.05) is 4.90 Å². The molecular formula is C13H24N2O2. The Morgan fingerprint density at radius 2 is 2.18 bits per heavy atom. The van der Waals surface area contributed by atoms with Crippen molar-refractivity contribution in [3.63, 3.8) is 0 Å². The van der Waals surface area contributed by atoms with E-state index in [4.69, 9.17) is 5.11 Å². The zero-order valence-corrected chi connectivity index (χ0v) is 10.5. The smallest absolute Gasteiger partial charge is 0.227 e. The molecule has 2 aliphatic rings. The third-order valence-electron chi connectivity index (χ3n) is 4.02. The number of likely N-dealkylation sites (tertiary alicyclic amines) is 1. The fourth-order valence-electron chi connectivity index (χ4n) is 3.04. The highest BCUT2D eigenvalue weighted by Gasteiger charge is 2.31. The lowest BCUT2D eigenvalue weighted by Gasteiger charge is -2.38. The van der Waals surface area contributed by atoms with E-state index in [9.17, 15) is 4.79 Å². The first-order chi connectivity index (χ1) is 8.33. The summed E-state index contributed by atoms with van der Waals surface area (Å²) in [6.45, 7) is 2.96. The van der Waals surface area contributed by atoms with Crippen LogP contribution in [0.5, 0.6) is 0 Å². The first kappa shape index (κ1) is 12.8. The van der Waals surface area contributed by atoms with Crippen molar-refractivity contribution in [1.82, 2.24) is 10.2 Å². The second kappa shape index (κ2) is 6.36. The molecule has 0 aliphatic carbocycles. The quantitative estimate of drug-likeness (QED) is 0.765. The average Bonchev–Trinajstić information content (AvgIpc) is 2.40. The molecule has 0 aromatic carbocycles. The van der Waals surface area contributed by atoms with Gasteiger partial charge in [-0.05, 0) is 45.1 Å². The van der Waals surface area contributed by atoms with Crippen molar-refractivity contribution in [2.75, 3.05) is 26.2 Å². The van der Waals surface area contributed by atoms with Crippen LogP contribution >= 0.6 is 0 Å². The summed E-state index contributed by atoms with van der Waals surface area (Å²) in [7, 11) is 0. The van der Waals surface area contributed by atoms with Crippen molar-refractivity contribution in [1.29, 1.82) is 0 Å². The van der Waals surface area contributed by atoms with E-state index in [0.717, 1.165) is 51.7 Å². The molecule has 2 aliphatic heterocycles. The molecule has 0 aromatic heterocycles. The molecule has 2 N–H and O–H groups in total. The number of nitrogens with zero attached hydrogens (tertiary/aromatic N) is 1. The van der Waals surface area contributed by atoms with Crippen LogP contribution in [0.15, 0.2) is 0 Å². The van der Waals surface area contributed by atoms with Gasteiger partial charge in [0.05, 0.1) is 5.92 Å². The maximum atomic E-state index is 12.4. The number of aliphatic hydroxyl groups excluding tert-OH is 1. The first-order valence-electron chi connectivity index (χ1n) is 6.95. The fraction of sp³-hybridized carbons (Fsp3) is 0.923. The van der Waals surface area contributed by atoms with Crippen molar-refractivity contribution in [2.24, 2.45) is 5.92 Å². The Balaban J connectivity index is 1.94. The van der Waals surface area contributed by atoms with Crippen molar-refractivity contribution < 1.29 is 9.90 Å². The van der Waals surface area contributed by atoms with E-state index in [1.54, 1.807) is 0 Å². The van der Waals surface area contributed by atoms with Crippen molar-refractivity contribution in [3.8, 4) is 0 Å². The molecule has 2 rings (SSSR count). The van der Waals surface area contributed by atoms with E-state index >= 15 is 0 Å². The van der Waals surface area contributed by atoms with Gasteiger partial charge in [-0.2, -0.15) is 0 Å². The van der Waals surface area contributed by atoms with E-state index < -0.39 is 0 Å². The van der Waals surface area contributed by atoms with Crippen LogP contribution in [-0.4, -0.2) is 48.2 Å². The van der Waals surface area contributed by atoms with Gasteiger partial charge >= 0.3 is 0 Å².